The molecule has 4 aliphatic heterocycles. The van der Waals surface area contributed by atoms with Gasteiger partial charge in [-0.25, -0.2) is 19.9 Å². The Kier molecular flexibility index (Phi) is 13.5. The van der Waals surface area contributed by atoms with Crippen molar-refractivity contribution in [1.82, 2.24) is 50.2 Å². The lowest BCUT2D eigenvalue weighted by molar-refractivity contribution is -0.138. The third-order valence-electron chi connectivity index (χ3n) is 16.0. The molecule has 6 aliphatic rings. The summed E-state index contributed by atoms with van der Waals surface area (Å²) >= 11 is 0. The van der Waals surface area contributed by atoms with Crippen LogP contribution in [0.3, 0.4) is 0 Å². The van der Waals surface area contributed by atoms with Crippen LogP contribution in [0.1, 0.15) is 93.2 Å². The van der Waals surface area contributed by atoms with Crippen LogP contribution in [-0.2, 0) is 31.5 Å². The average Bonchev–Trinajstić information content (AvgIpc) is 3.88. The highest BCUT2D eigenvalue weighted by Crippen LogP contribution is 2.42. The molecule has 6 fully saturated rings. The Balaban J connectivity index is 0.688. The van der Waals surface area contributed by atoms with Crippen LogP contribution in [0.4, 0.5) is 38.0 Å². The smallest absolute Gasteiger partial charge is 0.360 e. The number of hydrogen-bond acceptors (Lipinski definition) is 12. The van der Waals surface area contributed by atoms with Gasteiger partial charge in [-0.05, 0) is 99.6 Å². The van der Waals surface area contributed by atoms with Gasteiger partial charge in [0.05, 0.1) is 47.3 Å². The first-order chi connectivity index (χ1) is 33.9. The quantitative estimate of drug-likeness (QED) is 0.123. The second kappa shape index (κ2) is 19.6. The fraction of sp³-hybridized carbons (Fsp3) is 0.592. The van der Waals surface area contributed by atoms with Crippen LogP contribution in [0.2, 0.25) is 0 Å². The maximum atomic E-state index is 14.5. The molecule has 2 atom stereocenters. The van der Waals surface area contributed by atoms with E-state index in [1.807, 2.05) is 11.9 Å². The molecule has 4 saturated heterocycles. The number of carbonyl (C=O) groups excluding carboxylic acids is 4. The van der Waals surface area contributed by atoms with Gasteiger partial charge in [-0.2, -0.15) is 26.3 Å². The van der Waals surface area contributed by atoms with E-state index in [1.165, 1.54) is 18.7 Å². The lowest BCUT2D eigenvalue weighted by atomic mass is 9.79. The van der Waals surface area contributed by atoms with E-state index in [0.717, 1.165) is 82.3 Å². The Morgan fingerprint density at radius 3 is 1.76 bits per heavy atom. The minimum absolute atomic E-state index is 0.0336. The summed E-state index contributed by atoms with van der Waals surface area (Å²) in [6.07, 6.45) is 2.18. The molecule has 2 aromatic heterocycles. The largest absolute Gasteiger partial charge is 0.416 e. The molecule has 22 heteroatoms. The van der Waals surface area contributed by atoms with Crippen LogP contribution in [0.15, 0.2) is 43.0 Å². The second-order valence-corrected chi connectivity index (χ2v) is 20.4. The minimum atomic E-state index is -4.69. The number of anilines is 2. The van der Waals surface area contributed by atoms with Crippen LogP contribution in [0, 0.1) is 5.92 Å². The summed E-state index contributed by atoms with van der Waals surface area (Å²) < 4.78 is 83.4. The van der Waals surface area contributed by atoms with Crippen molar-refractivity contribution in [2.24, 2.45) is 5.92 Å². The molecule has 380 valence electrons. The van der Waals surface area contributed by atoms with Gasteiger partial charge in [-0.15, -0.1) is 0 Å². The first-order valence-electron chi connectivity index (χ1n) is 24.7. The number of amides is 4. The van der Waals surface area contributed by atoms with Crippen LogP contribution < -0.4 is 21.3 Å². The van der Waals surface area contributed by atoms with Crippen molar-refractivity contribution in [1.29, 1.82) is 0 Å². The highest BCUT2D eigenvalue weighted by molar-refractivity contribution is 5.95. The van der Waals surface area contributed by atoms with Gasteiger partial charge in [0.15, 0.2) is 0 Å². The Bertz CT molecular complexity index is 2660. The van der Waals surface area contributed by atoms with Crippen molar-refractivity contribution < 1.29 is 45.5 Å². The standard InChI is InChI=1S/C49H58F6N12O4/c1-64-40(12-13-43(64)70)27-2-5-33(6-3-27)65-21-31(22-65)63-42(69)19-57-47-38-17-30(49(53,54)55)16-36(45(38)59-26-61-47)28-14-44(71)67(20-28)35-9-7-34(8-10-35)66-23-32(24-66)62-41(68)18-56-46-37-15-29(48(50,51)52)4-11-39(37)58-25-60-46/h4,11,15-17,25-28,31-35,40H,2-3,5-10,12-14,18-24H2,1H3,(H,62,68)(H,63,69)(H,56,58,60)(H,57,59,61). The minimum Gasteiger partial charge on any atom is -0.360 e. The van der Waals surface area contributed by atoms with Crippen LogP contribution in [0.25, 0.3) is 21.8 Å². The van der Waals surface area contributed by atoms with E-state index >= 15 is 0 Å². The number of alkyl halides is 6. The van der Waals surface area contributed by atoms with Crippen molar-refractivity contribution in [3.63, 3.8) is 0 Å². The maximum absolute atomic E-state index is 14.5. The molecule has 0 radical (unpaired) electrons. The van der Waals surface area contributed by atoms with Gasteiger partial charge in [0.25, 0.3) is 0 Å². The molecule has 4 amide bonds. The Labute approximate surface area is 406 Å². The molecule has 10 rings (SSSR count). The first kappa shape index (κ1) is 48.7. The number of carbonyl (C=O) groups is 4. The third kappa shape index (κ3) is 10.4. The molecule has 4 N–H and O–H groups in total. The van der Waals surface area contributed by atoms with Crippen LogP contribution >= 0.6 is 0 Å². The lowest BCUT2D eigenvalue weighted by Crippen LogP contribution is -2.63. The van der Waals surface area contributed by atoms with Crippen LogP contribution in [-0.4, -0.2) is 152 Å². The summed E-state index contributed by atoms with van der Waals surface area (Å²) in [6, 6.07) is 6.05. The molecule has 71 heavy (non-hydrogen) atoms. The highest BCUT2D eigenvalue weighted by Gasteiger charge is 2.43. The fourth-order valence-electron chi connectivity index (χ4n) is 12.1. The summed E-state index contributed by atoms with van der Waals surface area (Å²) in [5.74, 6) is -0.304. The molecule has 16 nitrogen and oxygen atoms in total. The van der Waals surface area contributed by atoms with Crippen molar-refractivity contribution in [2.75, 3.05) is 63.5 Å². The van der Waals surface area contributed by atoms with Gasteiger partial charge in [0, 0.05) is 93.5 Å². The van der Waals surface area contributed by atoms with E-state index < -0.39 is 29.4 Å². The number of aromatic nitrogens is 4. The lowest BCUT2D eigenvalue weighted by Gasteiger charge is -2.47. The number of fused-ring (bicyclic) bond motifs is 2. The molecular weight excluding hydrogens is 935 g/mol. The van der Waals surface area contributed by atoms with Crippen LogP contribution in [0.5, 0.6) is 0 Å². The fourth-order valence-corrected chi connectivity index (χ4v) is 12.1. The summed E-state index contributed by atoms with van der Waals surface area (Å²) in [7, 11) is 1.91. The number of benzene rings is 2. The molecule has 0 bridgehead atoms. The number of rotatable bonds is 13. The average molecular weight is 993 g/mol. The number of hydrogen-bond donors (Lipinski definition) is 4. The van der Waals surface area contributed by atoms with Crippen molar-refractivity contribution in [3.8, 4) is 0 Å². The SMILES string of the molecule is CN1C(=O)CCC1C1CCC(N2CC(NC(=O)CNc3ncnc4c(C5CC(=O)N(C6CCC(N7CC(NC(=O)CNc8ncnc9ccc(C(F)(F)F)cc89)C7)CC6)C5)cc(C(F)(F)F)cc34)C2)CC1. The number of halogens is 6. The van der Waals surface area contributed by atoms with Crippen molar-refractivity contribution in [2.45, 2.75) is 125 Å². The summed E-state index contributed by atoms with van der Waals surface area (Å²) in [6.45, 7) is 2.56. The van der Waals surface area contributed by atoms with Crippen molar-refractivity contribution >= 4 is 57.1 Å². The molecular formula is C49H58F6N12O4. The predicted octanol–water partition coefficient (Wildman–Crippen LogP) is 5.54. The number of nitrogens with zero attached hydrogens (tertiary/aromatic N) is 8. The Morgan fingerprint density at radius 2 is 1.18 bits per heavy atom. The molecule has 4 aromatic rings. The van der Waals surface area contributed by atoms with E-state index in [2.05, 4.69) is 51.0 Å². The molecule has 6 heterocycles. The van der Waals surface area contributed by atoms with Gasteiger partial charge >= 0.3 is 12.4 Å². The Morgan fingerprint density at radius 1 is 0.634 bits per heavy atom. The van der Waals surface area contributed by atoms with E-state index in [9.17, 15) is 45.5 Å². The van der Waals surface area contributed by atoms with Gasteiger partial charge in [0.2, 0.25) is 23.6 Å². The topological polar surface area (TPSA) is 181 Å². The zero-order valence-electron chi connectivity index (χ0n) is 39.4. The summed E-state index contributed by atoms with van der Waals surface area (Å²) in [5, 5.41) is 12.1. The van der Waals surface area contributed by atoms with Gasteiger partial charge in [0.1, 0.15) is 24.3 Å². The maximum Gasteiger partial charge on any atom is 0.416 e. The van der Waals surface area contributed by atoms with Crippen molar-refractivity contribution in [3.05, 3.63) is 59.7 Å². The normalized spacial score (nSPS) is 26.2. The van der Waals surface area contributed by atoms with E-state index in [4.69, 9.17) is 0 Å². The van der Waals surface area contributed by atoms with Gasteiger partial charge in [-0.3, -0.25) is 29.0 Å². The monoisotopic (exact) mass is 992 g/mol. The first-order valence-corrected chi connectivity index (χ1v) is 24.7. The zero-order valence-corrected chi connectivity index (χ0v) is 39.4. The zero-order chi connectivity index (χ0) is 49.8. The molecule has 2 aromatic carbocycles. The molecule has 2 aliphatic carbocycles. The van der Waals surface area contributed by atoms with E-state index in [-0.39, 0.29) is 96.3 Å². The van der Waals surface area contributed by atoms with Gasteiger partial charge < -0.3 is 31.1 Å². The van der Waals surface area contributed by atoms with E-state index in [0.29, 0.717) is 67.0 Å². The second-order valence-electron chi connectivity index (χ2n) is 20.4. The molecule has 2 saturated carbocycles. The Hall–Kier alpha value is -5.90. The van der Waals surface area contributed by atoms with Gasteiger partial charge in [-0.1, -0.05) is 0 Å². The highest BCUT2D eigenvalue weighted by atomic mass is 19.4. The molecule has 2 unspecified atom stereocenters. The number of likely N-dealkylation sites (tertiary alicyclic amines) is 4. The summed E-state index contributed by atoms with van der Waals surface area (Å²) in [5.41, 5.74) is -0.809. The summed E-state index contributed by atoms with van der Waals surface area (Å²) in [4.78, 5) is 76.8. The molecule has 0 spiro atoms. The third-order valence-corrected chi connectivity index (χ3v) is 16.0. The number of nitrogens with one attached hydrogen (secondary N) is 4. The van der Waals surface area contributed by atoms with E-state index in [1.54, 1.807) is 4.90 Å². The predicted molar refractivity (Wildman–Crippen MR) is 250 cm³/mol.